The van der Waals surface area contributed by atoms with Gasteiger partial charge in [0, 0.05) is 47.4 Å². The zero-order valence-corrected chi connectivity index (χ0v) is 21.5. The number of amides is 1. The number of benzene rings is 2. The topological polar surface area (TPSA) is 101 Å². The van der Waals surface area contributed by atoms with Gasteiger partial charge in [-0.25, -0.2) is 15.0 Å². The highest BCUT2D eigenvalue weighted by molar-refractivity contribution is 6.05. The Hall–Kier alpha value is -4.04. The van der Waals surface area contributed by atoms with Crippen LogP contribution in [0.3, 0.4) is 0 Å². The number of carbonyl (C=O) groups excluding carboxylic acids is 1. The zero-order valence-electron chi connectivity index (χ0n) is 21.5. The Morgan fingerprint density at radius 3 is 2.71 bits per heavy atom. The van der Waals surface area contributed by atoms with Crippen LogP contribution in [0.5, 0.6) is 11.6 Å². The summed E-state index contributed by atoms with van der Waals surface area (Å²) in [4.78, 5) is 26.5. The van der Waals surface area contributed by atoms with Crippen molar-refractivity contribution in [3.05, 3.63) is 66.5 Å². The van der Waals surface area contributed by atoms with Gasteiger partial charge in [-0.3, -0.25) is 4.79 Å². The standard InChI is InChI=1S/C30H32N6O2/c1-19-12-13-22-23(9-3-11-25(22)35-28(37)20-6-2-7-20)27(19)38-29-24(10-5-16-32-29)26-14-17-33-30(36-26)34-21-8-4-15-31-18-21/h3,5,9-14,16-17,20-21,31H,2,4,6-8,15,18H2,1H3,(H,35,37)(H,33,34,36)/t21-/m0/s1. The number of carbonyl (C=O) groups is 1. The Balaban J connectivity index is 1.31. The number of hydrogen-bond donors (Lipinski definition) is 3. The Morgan fingerprint density at radius 2 is 1.89 bits per heavy atom. The fourth-order valence-corrected chi connectivity index (χ4v) is 5.09. The number of fused-ring (bicyclic) bond motifs is 1. The molecule has 194 valence electrons. The van der Waals surface area contributed by atoms with Gasteiger partial charge in [0.15, 0.2) is 0 Å². The number of aromatic nitrogens is 3. The van der Waals surface area contributed by atoms with Gasteiger partial charge in [0.05, 0.1) is 11.3 Å². The first kappa shape index (κ1) is 24.3. The minimum absolute atomic E-state index is 0.0935. The highest BCUT2D eigenvalue weighted by Crippen LogP contribution is 2.39. The second kappa shape index (κ2) is 10.8. The molecule has 0 spiro atoms. The van der Waals surface area contributed by atoms with Crippen LogP contribution in [-0.4, -0.2) is 40.0 Å². The van der Waals surface area contributed by atoms with Gasteiger partial charge in [-0.1, -0.05) is 30.7 Å². The van der Waals surface area contributed by atoms with Crippen LogP contribution >= 0.6 is 0 Å². The van der Waals surface area contributed by atoms with Gasteiger partial charge >= 0.3 is 0 Å². The summed E-state index contributed by atoms with van der Waals surface area (Å²) in [6.45, 7) is 3.97. The summed E-state index contributed by atoms with van der Waals surface area (Å²) in [6.07, 6.45) is 8.75. The third kappa shape index (κ3) is 5.04. The fraction of sp³-hybridized carbons (Fsp3) is 0.333. The molecule has 0 bridgehead atoms. The maximum absolute atomic E-state index is 12.7. The number of nitrogens with zero attached hydrogens (tertiary/aromatic N) is 3. The number of aryl methyl sites for hydroxylation is 1. The van der Waals surface area contributed by atoms with E-state index in [9.17, 15) is 4.79 Å². The first-order valence-corrected chi connectivity index (χ1v) is 13.4. The lowest BCUT2D eigenvalue weighted by Crippen LogP contribution is -2.38. The van der Waals surface area contributed by atoms with Crippen molar-refractivity contribution in [1.29, 1.82) is 0 Å². The molecule has 2 aromatic heterocycles. The van der Waals surface area contributed by atoms with Crippen LogP contribution in [0, 0.1) is 12.8 Å². The average molecular weight is 509 g/mol. The molecule has 3 heterocycles. The van der Waals surface area contributed by atoms with E-state index in [0.29, 0.717) is 23.6 Å². The number of ether oxygens (including phenoxy) is 1. The Bertz CT molecular complexity index is 1460. The van der Waals surface area contributed by atoms with Crippen LogP contribution in [0.15, 0.2) is 60.9 Å². The van der Waals surface area contributed by atoms with Gasteiger partial charge in [-0.15, -0.1) is 0 Å². The molecule has 2 aromatic carbocycles. The number of nitrogens with one attached hydrogen (secondary N) is 3. The molecule has 2 aliphatic rings. The minimum Gasteiger partial charge on any atom is -0.437 e. The van der Waals surface area contributed by atoms with E-state index < -0.39 is 0 Å². The number of anilines is 2. The van der Waals surface area contributed by atoms with E-state index in [-0.39, 0.29) is 11.8 Å². The fourth-order valence-electron chi connectivity index (χ4n) is 5.09. The first-order valence-electron chi connectivity index (χ1n) is 13.4. The molecule has 1 amide bonds. The van der Waals surface area contributed by atoms with Crippen LogP contribution in [0.4, 0.5) is 11.6 Å². The number of hydrogen-bond acceptors (Lipinski definition) is 7. The van der Waals surface area contributed by atoms with Crippen molar-refractivity contribution >= 4 is 28.3 Å². The van der Waals surface area contributed by atoms with E-state index in [2.05, 4.69) is 25.9 Å². The van der Waals surface area contributed by atoms with Gasteiger partial charge in [0.1, 0.15) is 5.75 Å². The largest absolute Gasteiger partial charge is 0.437 e. The predicted molar refractivity (Wildman–Crippen MR) is 150 cm³/mol. The lowest BCUT2D eigenvalue weighted by atomic mass is 9.85. The third-order valence-electron chi connectivity index (χ3n) is 7.47. The van der Waals surface area contributed by atoms with Crippen LogP contribution < -0.4 is 20.7 Å². The highest BCUT2D eigenvalue weighted by Gasteiger charge is 2.26. The van der Waals surface area contributed by atoms with Crippen molar-refractivity contribution in [2.45, 2.75) is 45.1 Å². The second-order valence-corrected chi connectivity index (χ2v) is 10.1. The Morgan fingerprint density at radius 1 is 0.974 bits per heavy atom. The summed E-state index contributed by atoms with van der Waals surface area (Å²) >= 11 is 0. The summed E-state index contributed by atoms with van der Waals surface area (Å²) in [5, 5.41) is 11.9. The van der Waals surface area contributed by atoms with Gasteiger partial charge in [-0.2, -0.15) is 0 Å². The van der Waals surface area contributed by atoms with Gasteiger partial charge in [-0.05, 0) is 69.0 Å². The normalized spacial score (nSPS) is 17.6. The van der Waals surface area contributed by atoms with Crippen molar-refractivity contribution in [2.75, 3.05) is 23.7 Å². The van der Waals surface area contributed by atoms with E-state index in [1.165, 1.54) is 0 Å². The van der Waals surface area contributed by atoms with E-state index in [4.69, 9.17) is 9.72 Å². The van der Waals surface area contributed by atoms with Crippen molar-refractivity contribution in [2.24, 2.45) is 5.92 Å². The monoisotopic (exact) mass is 508 g/mol. The molecular formula is C30H32N6O2. The van der Waals surface area contributed by atoms with Crippen molar-refractivity contribution in [3.8, 4) is 22.9 Å². The number of piperidine rings is 1. The van der Waals surface area contributed by atoms with Crippen molar-refractivity contribution < 1.29 is 9.53 Å². The van der Waals surface area contributed by atoms with Crippen LogP contribution in [0.1, 0.15) is 37.7 Å². The van der Waals surface area contributed by atoms with E-state index in [1.807, 2.05) is 55.5 Å². The van der Waals surface area contributed by atoms with E-state index >= 15 is 0 Å². The molecule has 6 rings (SSSR count). The molecule has 1 aliphatic heterocycles. The molecule has 1 atom stereocenters. The van der Waals surface area contributed by atoms with Gasteiger partial charge in [0.2, 0.25) is 17.7 Å². The zero-order chi connectivity index (χ0) is 25.9. The molecule has 2 fully saturated rings. The maximum atomic E-state index is 12.7. The van der Waals surface area contributed by atoms with Crippen LogP contribution in [0.25, 0.3) is 22.0 Å². The summed E-state index contributed by atoms with van der Waals surface area (Å²) in [7, 11) is 0. The molecule has 8 heteroatoms. The Labute approximate surface area is 222 Å². The molecule has 38 heavy (non-hydrogen) atoms. The molecule has 0 unspecified atom stereocenters. The molecule has 1 saturated carbocycles. The minimum atomic E-state index is 0.0935. The van der Waals surface area contributed by atoms with Crippen LogP contribution in [0.2, 0.25) is 0 Å². The molecular weight excluding hydrogens is 476 g/mol. The average Bonchev–Trinajstić information content (AvgIpc) is 2.90. The number of pyridine rings is 1. The lowest BCUT2D eigenvalue weighted by molar-refractivity contribution is -0.122. The molecule has 1 aliphatic carbocycles. The molecule has 3 N–H and O–H groups in total. The molecule has 4 aromatic rings. The first-order chi connectivity index (χ1) is 18.7. The SMILES string of the molecule is Cc1ccc2c(NC(=O)C3CCC3)cccc2c1Oc1ncccc1-c1ccnc(N[C@H]2CCCNC2)n1. The summed E-state index contributed by atoms with van der Waals surface area (Å²) in [6, 6.07) is 16.0. The molecule has 1 saturated heterocycles. The molecule has 8 nitrogen and oxygen atoms in total. The Kier molecular flexibility index (Phi) is 6.88. The summed E-state index contributed by atoms with van der Waals surface area (Å²) < 4.78 is 6.52. The lowest BCUT2D eigenvalue weighted by Gasteiger charge is -2.24. The van der Waals surface area contributed by atoms with Gasteiger partial charge in [0.25, 0.3) is 0 Å². The van der Waals surface area contributed by atoms with E-state index in [1.54, 1.807) is 12.4 Å². The smallest absolute Gasteiger partial charge is 0.228 e. The third-order valence-corrected chi connectivity index (χ3v) is 7.47. The van der Waals surface area contributed by atoms with Gasteiger partial charge < -0.3 is 20.7 Å². The summed E-state index contributed by atoms with van der Waals surface area (Å²) in [5.74, 6) is 1.98. The van der Waals surface area contributed by atoms with Crippen LogP contribution in [-0.2, 0) is 4.79 Å². The quantitative estimate of drug-likeness (QED) is 0.295. The predicted octanol–water partition coefficient (Wildman–Crippen LogP) is 5.70. The highest BCUT2D eigenvalue weighted by atomic mass is 16.5. The number of rotatable bonds is 7. The maximum Gasteiger partial charge on any atom is 0.228 e. The van der Waals surface area contributed by atoms with Crippen molar-refractivity contribution in [3.63, 3.8) is 0 Å². The van der Waals surface area contributed by atoms with Crippen molar-refractivity contribution in [1.82, 2.24) is 20.3 Å². The van der Waals surface area contributed by atoms with E-state index in [0.717, 1.165) is 78.5 Å². The molecule has 0 radical (unpaired) electrons. The summed E-state index contributed by atoms with van der Waals surface area (Å²) in [5.41, 5.74) is 3.30. The second-order valence-electron chi connectivity index (χ2n) is 10.1.